The maximum absolute atomic E-state index is 9.74. The lowest BCUT2D eigenvalue weighted by Gasteiger charge is -2.30. The van der Waals surface area contributed by atoms with Crippen LogP contribution in [0.25, 0.3) is 12.2 Å². The van der Waals surface area contributed by atoms with Gasteiger partial charge in [0.1, 0.15) is 8.07 Å². The molecule has 23 heavy (non-hydrogen) atoms. The van der Waals surface area contributed by atoms with Crippen molar-refractivity contribution in [2.24, 2.45) is 0 Å². The summed E-state index contributed by atoms with van der Waals surface area (Å²) in [6, 6.07) is 18.3. The molecule has 0 aliphatic heterocycles. The topological polar surface area (TPSA) is 20.2 Å². The molecule has 2 aliphatic carbocycles. The minimum atomic E-state index is -1.81. The summed E-state index contributed by atoms with van der Waals surface area (Å²) in [5.74, 6) is 0. The van der Waals surface area contributed by atoms with Gasteiger partial charge in [-0.3, -0.25) is 0 Å². The second-order valence-corrected chi connectivity index (χ2v) is 11.3. The van der Waals surface area contributed by atoms with Crippen LogP contribution < -0.4 is 0 Å². The molecule has 0 heterocycles. The predicted octanol–water partition coefficient (Wildman–Crippen LogP) is 4.42. The average Bonchev–Trinajstić information content (AvgIpc) is 3.19. The molecule has 0 fully saturated rings. The monoisotopic (exact) mass is 318 g/mol. The maximum Gasteiger partial charge on any atom is 0.109 e. The molecule has 0 saturated heterocycles. The van der Waals surface area contributed by atoms with Crippen LogP contribution in [-0.4, -0.2) is 19.8 Å². The standard InChI is InChI=1S/C21H22OSi/c1-23(11-10-22,20-12-16-6-2-3-7-17(16)13-20)21-14-18-8-4-5-9-19(18)15-21/h2-9,12,14,22H,10-11,13,15H2,1H3. The third kappa shape index (κ3) is 2.43. The van der Waals surface area contributed by atoms with E-state index < -0.39 is 8.07 Å². The largest absolute Gasteiger partial charge is 0.397 e. The van der Waals surface area contributed by atoms with Gasteiger partial charge in [-0.1, -0.05) is 77.6 Å². The van der Waals surface area contributed by atoms with E-state index in [4.69, 9.17) is 0 Å². The first-order chi connectivity index (χ1) is 11.2. The van der Waals surface area contributed by atoms with Gasteiger partial charge in [0.15, 0.2) is 0 Å². The van der Waals surface area contributed by atoms with Crippen LogP contribution in [0.4, 0.5) is 0 Å². The summed E-state index contributed by atoms with van der Waals surface area (Å²) < 4.78 is 0. The first-order valence-corrected chi connectivity index (χ1v) is 11.1. The van der Waals surface area contributed by atoms with E-state index in [0.29, 0.717) is 0 Å². The highest BCUT2D eigenvalue weighted by Crippen LogP contribution is 2.41. The van der Waals surface area contributed by atoms with Crippen molar-refractivity contribution in [1.82, 2.24) is 0 Å². The van der Waals surface area contributed by atoms with Gasteiger partial charge in [0.2, 0.25) is 0 Å². The van der Waals surface area contributed by atoms with Crippen LogP contribution >= 0.6 is 0 Å². The quantitative estimate of drug-likeness (QED) is 0.828. The van der Waals surface area contributed by atoms with Gasteiger partial charge in [0.05, 0.1) is 0 Å². The molecule has 1 nitrogen and oxygen atoms in total. The second-order valence-electron chi connectivity index (χ2n) is 6.90. The van der Waals surface area contributed by atoms with E-state index in [0.717, 1.165) is 18.9 Å². The molecule has 0 amide bonds. The van der Waals surface area contributed by atoms with Gasteiger partial charge in [-0.2, -0.15) is 0 Å². The summed E-state index contributed by atoms with van der Waals surface area (Å²) in [4.78, 5) is 0. The fraction of sp³-hybridized carbons (Fsp3) is 0.238. The summed E-state index contributed by atoms with van der Waals surface area (Å²) in [5.41, 5.74) is 5.62. The molecule has 0 spiro atoms. The molecule has 2 aromatic carbocycles. The molecular formula is C21H22OSi. The smallest absolute Gasteiger partial charge is 0.109 e. The molecule has 2 aliphatic rings. The van der Waals surface area contributed by atoms with Gasteiger partial charge in [-0.05, 0) is 41.1 Å². The number of allylic oxidation sites excluding steroid dienone is 2. The van der Waals surface area contributed by atoms with Crippen molar-refractivity contribution in [3.63, 3.8) is 0 Å². The van der Waals surface area contributed by atoms with Crippen molar-refractivity contribution in [3.8, 4) is 0 Å². The molecule has 0 saturated carbocycles. The maximum atomic E-state index is 9.74. The lowest BCUT2D eigenvalue weighted by atomic mass is 10.1. The Labute approximate surface area is 139 Å². The van der Waals surface area contributed by atoms with Gasteiger partial charge >= 0.3 is 0 Å². The lowest BCUT2D eigenvalue weighted by molar-refractivity contribution is 0.316. The predicted molar refractivity (Wildman–Crippen MR) is 99.8 cm³/mol. The Balaban J connectivity index is 1.72. The molecule has 2 aromatic rings. The zero-order chi connectivity index (χ0) is 15.9. The Morgan fingerprint density at radius 2 is 1.30 bits per heavy atom. The first kappa shape index (κ1) is 14.7. The van der Waals surface area contributed by atoms with Gasteiger partial charge in [0, 0.05) is 6.61 Å². The Morgan fingerprint density at radius 3 is 1.74 bits per heavy atom. The Morgan fingerprint density at radius 1 is 0.826 bits per heavy atom. The zero-order valence-electron chi connectivity index (χ0n) is 13.5. The molecule has 0 bridgehead atoms. The van der Waals surface area contributed by atoms with Crippen molar-refractivity contribution in [3.05, 3.63) is 81.2 Å². The Kier molecular flexibility index (Phi) is 3.59. The molecule has 0 aromatic heterocycles. The van der Waals surface area contributed by atoms with E-state index in [2.05, 4.69) is 67.2 Å². The Bertz CT molecular complexity index is 753. The number of hydrogen-bond acceptors (Lipinski definition) is 1. The molecule has 0 unspecified atom stereocenters. The molecular weight excluding hydrogens is 296 g/mol. The van der Waals surface area contributed by atoms with E-state index >= 15 is 0 Å². The summed E-state index contributed by atoms with van der Waals surface area (Å²) in [7, 11) is -1.81. The molecule has 116 valence electrons. The third-order valence-electron chi connectivity index (χ3n) is 5.56. The fourth-order valence-electron chi connectivity index (χ4n) is 4.02. The second kappa shape index (κ2) is 5.62. The van der Waals surface area contributed by atoms with Crippen molar-refractivity contribution in [2.75, 3.05) is 6.61 Å². The number of fused-ring (bicyclic) bond motifs is 2. The minimum Gasteiger partial charge on any atom is -0.397 e. The van der Waals surface area contributed by atoms with E-state index in [1.165, 1.54) is 22.3 Å². The third-order valence-corrected chi connectivity index (χ3v) is 10.3. The van der Waals surface area contributed by atoms with Gasteiger partial charge in [0.25, 0.3) is 0 Å². The minimum absolute atomic E-state index is 0.282. The molecule has 2 heteroatoms. The van der Waals surface area contributed by atoms with Gasteiger partial charge in [-0.15, -0.1) is 0 Å². The summed E-state index contributed by atoms with van der Waals surface area (Å²) >= 11 is 0. The number of benzene rings is 2. The van der Waals surface area contributed by atoms with Crippen LogP contribution in [0.2, 0.25) is 12.6 Å². The SMILES string of the molecule is C[Si](CCO)(C1=Cc2ccccc2C1)C1=Cc2ccccc2C1. The van der Waals surface area contributed by atoms with Crippen molar-refractivity contribution in [1.29, 1.82) is 0 Å². The molecule has 1 N–H and O–H groups in total. The summed E-state index contributed by atoms with van der Waals surface area (Å²) in [6.07, 6.45) is 6.93. The van der Waals surface area contributed by atoms with Crippen molar-refractivity contribution in [2.45, 2.75) is 25.4 Å². The van der Waals surface area contributed by atoms with E-state index in [1.807, 2.05) is 0 Å². The van der Waals surface area contributed by atoms with E-state index in [9.17, 15) is 5.11 Å². The summed E-state index contributed by atoms with van der Waals surface area (Å²) in [5, 5.41) is 12.9. The zero-order valence-corrected chi connectivity index (χ0v) is 14.5. The van der Waals surface area contributed by atoms with E-state index in [-0.39, 0.29) is 6.61 Å². The van der Waals surface area contributed by atoms with Gasteiger partial charge in [-0.25, -0.2) is 0 Å². The molecule has 0 atom stereocenters. The Hall–Kier alpha value is -1.90. The average molecular weight is 318 g/mol. The molecule has 4 rings (SSSR count). The first-order valence-electron chi connectivity index (χ1n) is 8.39. The van der Waals surface area contributed by atoms with Gasteiger partial charge < -0.3 is 5.11 Å². The van der Waals surface area contributed by atoms with Crippen LogP contribution in [0.15, 0.2) is 58.9 Å². The van der Waals surface area contributed by atoms with Crippen LogP contribution in [0.1, 0.15) is 22.3 Å². The fourth-order valence-corrected chi connectivity index (χ4v) is 7.63. The van der Waals surface area contributed by atoms with Crippen LogP contribution in [0.3, 0.4) is 0 Å². The highest BCUT2D eigenvalue weighted by atomic mass is 28.3. The van der Waals surface area contributed by atoms with Crippen LogP contribution in [-0.2, 0) is 12.8 Å². The number of aliphatic hydroxyl groups excluding tert-OH is 1. The number of rotatable bonds is 4. The molecule has 0 radical (unpaired) electrons. The van der Waals surface area contributed by atoms with E-state index in [1.54, 1.807) is 10.4 Å². The van der Waals surface area contributed by atoms with Crippen LogP contribution in [0.5, 0.6) is 0 Å². The highest BCUT2D eigenvalue weighted by molar-refractivity contribution is 6.93. The number of hydrogen-bond donors (Lipinski definition) is 1. The summed E-state index contributed by atoms with van der Waals surface area (Å²) in [6.45, 7) is 2.72. The van der Waals surface area contributed by atoms with Crippen LogP contribution in [0, 0.1) is 0 Å². The lowest BCUT2D eigenvalue weighted by Crippen LogP contribution is -2.37. The highest BCUT2D eigenvalue weighted by Gasteiger charge is 2.38. The number of aliphatic hydroxyl groups is 1. The van der Waals surface area contributed by atoms with Crippen molar-refractivity contribution < 1.29 is 5.11 Å². The van der Waals surface area contributed by atoms with Crippen molar-refractivity contribution >= 4 is 20.2 Å². The normalized spacial score (nSPS) is 15.9.